The molecule has 2 amide bonds. The first-order chi connectivity index (χ1) is 15.3. The number of carbonyl (C=O) groups is 3. The van der Waals surface area contributed by atoms with Gasteiger partial charge in [-0.2, -0.15) is 5.26 Å². The Labute approximate surface area is 188 Å². The third kappa shape index (κ3) is 3.59. The highest BCUT2D eigenvalue weighted by molar-refractivity contribution is 6.30. The molecule has 2 aromatic rings. The fraction of sp³-hybridized carbons (Fsp3) is 0.304. The molecular weight excluding hydrogens is 437 g/mol. The third-order valence-electron chi connectivity index (χ3n) is 6.08. The Hall–Kier alpha value is -3.44. The number of esters is 1. The molecule has 2 aliphatic rings. The third-order valence-corrected chi connectivity index (χ3v) is 6.33. The molecule has 7 nitrogen and oxygen atoms in total. The lowest BCUT2D eigenvalue weighted by atomic mass is 9.65. The molecule has 2 aromatic carbocycles. The van der Waals surface area contributed by atoms with Crippen molar-refractivity contribution in [2.75, 3.05) is 18.6 Å². The number of methoxy groups -OCH3 is 1. The first-order valence-corrected chi connectivity index (χ1v) is 10.3. The molecule has 1 heterocycles. The summed E-state index contributed by atoms with van der Waals surface area (Å²) >= 11 is 5.95. The van der Waals surface area contributed by atoms with Crippen molar-refractivity contribution in [1.29, 1.82) is 5.26 Å². The highest BCUT2D eigenvalue weighted by atomic mass is 35.5. The van der Waals surface area contributed by atoms with Crippen LogP contribution >= 0.6 is 11.6 Å². The van der Waals surface area contributed by atoms with Crippen LogP contribution in [0.15, 0.2) is 42.5 Å². The van der Waals surface area contributed by atoms with Gasteiger partial charge in [0.2, 0.25) is 5.91 Å². The summed E-state index contributed by atoms with van der Waals surface area (Å²) in [5.74, 6) is -2.59. The van der Waals surface area contributed by atoms with Crippen LogP contribution < -0.4 is 4.90 Å². The van der Waals surface area contributed by atoms with Gasteiger partial charge in [0.05, 0.1) is 30.3 Å². The highest BCUT2D eigenvalue weighted by Crippen LogP contribution is 2.48. The molecule has 0 aromatic heterocycles. The molecule has 4 rings (SSSR count). The van der Waals surface area contributed by atoms with E-state index in [0.29, 0.717) is 5.02 Å². The Bertz CT molecular complexity index is 1140. The van der Waals surface area contributed by atoms with Crippen LogP contribution in [0.2, 0.25) is 5.02 Å². The SMILES string of the molecule is COC(=O)[C@H]1C[C@@]2(C1)C(=O)N(c1ccc(C#N)cc1F)CC(=O)N2Cc1ccc(Cl)cc1. The number of ether oxygens (including phenoxy) is 1. The summed E-state index contributed by atoms with van der Waals surface area (Å²) in [6, 6.07) is 12.5. The van der Waals surface area contributed by atoms with E-state index < -0.39 is 29.2 Å². The summed E-state index contributed by atoms with van der Waals surface area (Å²) in [5.41, 5.74) is -0.479. The van der Waals surface area contributed by atoms with Crippen LogP contribution in [-0.4, -0.2) is 41.9 Å². The minimum absolute atomic E-state index is 0.0746. The number of anilines is 1. The van der Waals surface area contributed by atoms with Crippen molar-refractivity contribution in [3.05, 3.63) is 64.4 Å². The van der Waals surface area contributed by atoms with E-state index in [4.69, 9.17) is 21.6 Å². The Morgan fingerprint density at radius 1 is 1.25 bits per heavy atom. The molecule has 9 heteroatoms. The van der Waals surface area contributed by atoms with Gasteiger partial charge in [0.1, 0.15) is 17.9 Å². The van der Waals surface area contributed by atoms with E-state index in [9.17, 15) is 18.8 Å². The topological polar surface area (TPSA) is 90.7 Å². The van der Waals surface area contributed by atoms with Gasteiger partial charge < -0.3 is 9.64 Å². The molecule has 1 saturated heterocycles. The number of rotatable bonds is 4. The van der Waals surface area contributed by atoms with Crippen LogP contribution in [0.25, 0.3) is 0 Å². The standard InChI is InChI=1S/C23H19ClFN3O4/c1-32-21(30)16-9-23(10-16)22(31)27(19-7-4-15(11-26)8-18(19)25)13-20(29)28(23)12-14-2-5-17(24)6-3-14/h2-8,16H,9-10,12-13H2,1H3/t16-,23+. The van der Waals surface area contributed by atoms with E-state index >= 15 is 0 Å². The van der Waals surface area contributed by atoms with E-state index in [-0.39, 0.29) is 43.1 Å². The molecule has 1 aliphatic carbocycles. The minimum Gasteiger partial charge on any atom is -0.469 e. The smallest absolute Gasteiger partial charge is 0.308 e. The van der Waals surface area contributed by atoms with Gasteiger partial charge in [0.25, 0.3) is 5.91 Å². The van der Waals surface area contributed by atoms with Crippen molar-refractivity contribution in [3.8, 4) is 6.07 Å². The molecular formula is C23H19ClFN3O4. The molecule has 0 bridgehead atoms. The van der Waals surface area contributed by atoms with Crippen molar-refractivity contribution in [2.24, 2.45) is 5.92 Å². The van der Waals surface area contributed by atoms with E-state index in [1.165, 1.54) is 24.1 Å². The Kier molecular flexibility index (Phi) is 5.61. The van der Waals surface area contributed by atoms with E-state index in [1.54, 1.807) is 24.3 Å². The molecule has 0 atom stereocenters. The summed E-state index contributed by atoms with van der Waals surface area (Å²) in [5, 5.41) is 9.52. The van der Waals surface area contributed by atoms with Crippen LogP contribution in [0.4, 0.5) is 10.1 Å². The molecule has 2 fully saturated rings. The lowest BCUT2D eigenvalue weighted by Gasteiger charge is -2.56. The molecule has 0 unspecified atom stereocenters. The van der Waals surface area contributed by atoms with Crippen molar-refractivity contribution >= 4 is 35.1 Å². The normalized spacial score (nSPS) is 22.5. The molecule has 0 N–H and O–H groups in total. The minimum atomic E-state index is -1.28. The fourth-order valence-electron chi connectivity index (χ4n) is 4.38. The first-order valence-electron chi connectivity index (χ1n) is 9.93. The van der Waals surface area contributed by atoms with E-state index in [2.05, 4.69) is 0 Å². The molecule has 0 radical (unpaired) electrons. The van der Waals surface area contributed by atoms with Crippen LogP contribution in [-0.2, 0) is 25.7 Å². The molecule has 164 valence electrons. The lowest BCUT2D eigenvalue weighted by molar-refractivity contribution is -0.171. The zero-order chi connectivity index (χ0) is 23.0. The zero-order valence-electron chi connectivity index (χ0n) is 17.2. The van der Waals surface area contributed by atoms with Gasteiger partial charge in [-0.05, 0) is 48.7 Å². The summed E-state index contributed by atoms with van der Waals surface area (Å²) < 4.78 is 19.5. The van der Waals surface area contributed by atoms with Crippen LogP contribution in [0.3, 0.4) is 0 Å². The zero-order valence-corrected chi connectivity index (χ0v) is 17.9. The van der Waals surface area contributed by atoms with Crippen molar-refractivity contribution in [1.82, 2.24) is 4.90 Å². The summed E-state index contributed by atoms with van der Waals surface area (Å²) in [7, 11) is 1.27. The van der Waals surface area contributed by atoms with E-state index in [0.717, 1.165) is 16.5 Å². The summed E-state index contributed by atoms with van der Waals surface area (Å²) in [4.78, 5) is 41.4. The van der Waals surface area contributed by atoms with Crippen molar-refractivity contribution in [3.63, 3.8) is 0 Å². The van der Waals surface area contributed by atoms with Crippen LogP contribution in [0.1, 0.15) is 24.0 Å². The maximum atomic E-state index is 14.7. The lowest BCUT2D eigenvalue weighted by Crippen LogP contribution is -2.73. The van der Waals surface area contributed by atoms with Crippen molar-refractivity contribution in [2.45, 2.75) is 24.9 Å². The number of halogens is 2. The summed E-state index contributed by atoms with van der Waals surface area (Å²) in [6.45, 7) is -0.195. The second-order valence-electron chi connectivity index (χ2n) is 7.94. The molecule has 1 spiro atoms. The van der Waals surface area contributed by atoms with Gasteiger partial charge in [-0.25, -0.2) is 4.39 Å². The number of benzene rings is 2. The Balaban J connectivity index is 1.70. The van der Waals surface area contributed by atoms with Crippen LogP contribution in [0, 0.1) is 23.1 Å². The van der Waals surface area contributed by atoms with E-state index in [1.807, 2.05) is 6.07 Å². The molecule has 1 saturated carbocycles. The molecule has 32 heavy (non-hydrogen) atoms. The Morgan fingerprint density at radius 2 is 1.94 bits per heavy atom. The number of nitrogens with zero attached hydrogens (tertiary/aromatic N) is 3. The predicted octanol–water partition coefficient (Wildman–Crippen LogP) is 3.05. The number of amides is 2. The summed E-state index contributed by atoms with van der Waals surface area (Å²) in [6.07, 6.45) is 0.179. The van der Waals surface area contributed by atoms with Crippen LogP contribution in [0.5, 0.6) is 0 Å². The maximum absolute atomic E-state index is 14.7. The fourth-order valence-corrected chi connectivity index (χ4v) is 4.51. The number of carbonyl (C=O) groups excluding carboxylic acids is 3. The maximum Gasteiger partial charge on any atom is 0.308 e. The van der Waals surface area contributed by atoms with Gasteiger partial charge in [-0.1, -0.05) is 23.7 Å². The number of hydrogen-bond acceptors (Lipinski definition) is 5. The average Bonchev–Trinajstić information content (AvgIpc) is 2.76. The van der Waals surface area contributed by atoms with Gasteiger partial charge in [-0.15, -0.1) is 0 Å². The largest absolute Gasteiger partial charge is 0.469 e. The van der Waals surface area contributed by atoms with Crippen molar-refractivity contribution < 1.29 is 23.5 Å². The second kappa shape index (κ2) is 8.24. The number of nitriles is 1. The number of hydrogen-bond donors (Lipinski definition) is 0. The average molecular weight is 456 g/mol. The second-order valence-corrected chi connectivity index (χ2v) is 8.37. The predicted molar refractivity (Wildman–Crippen MR) is 113 cm³/mol. The Morgan fingerprint density at radius 3 is 2.53 bits per heavy atom. The van der Waals surface area contributed by atoms with Gasteiger partial charge in [0, 0.05) is 11.6 Å². The van der Waals surface area contributed by atoms with Gasteiger partial charge in [-0.3, -0.25) is 19.3 Å². The number of piperazine rings is 1. The first kappa shape index (κ1) is 21.8. The molecule has 1 aliphatic heterocycles. The van der Waals surface area contributed by atoms with Gasteiger partial charge in [0.15, 0.2) is 0 Å². The monoisotopic (exact) mass is 455 g/mol. The van der Waals surface area contributed by atoms with Gasteiger partial charge >= 0.3 is 5.97 Å². The quantitative estimate of drug-likeness (QED) is 0.661. The highest BCUT2D eigenvalue weighted by Gasteiger charge is 2.62.